The van der Waals surface area contributed by atoms with Gasteiger partial charge in [0.05, 0.1) is 12.2 Å². The van der Waals surface area contributed by atoms with Gasteiger partial charge in [-0.2, -0.15) is 0 Å². The number of unbranched alkanes of at least 4 members (excludes halogenated alkanes) is 1. The minimum absolute atomic E-state index is 0.138. The number of benzene rings is 2. The number of aromatic carboxylic acids is 1. The highest BCUT2D eigenvalue weighted by Crippen LogP contribution is 2.36. The molecule has 0 bridgehead atoms. The van der Waals surface area contributed by atoms with Crippen molar-refractivity contribution in [3.63, 3.8) is 0 Å². The number of nitrogens with two attached hydrogens (primary N) is 1. The predicted molar refractivity (Wildman–Crippen MR) is 83.7 cm³/mol. The van der Waals surface area contributed by atoms with Gasteiger partial charge in [0, 0.05) is 11.3 Å². The Morgan fingerprint density at radius 1 is 1.24 bits per heavy atom. The van der Waals surface area contributed by atoms with Gasteiger partial charge in [0.25, 0.3) is 0 Å². The number of hydrogen-bond donors (Lipinski definition) is 2. The molecule has 0 saturated carbocycles. The maximum atomic E-state index is 11.2. The van der Waals surface area contributed by atoms with Gasteiger partial charge < -0.3 is 15.6 Å². The first-order chi connectivity index (χ1) is 10.1. The van der Waals surface area contributed by atoms with Crippen molar-refractivity contribution in [3.05, 3.63) is 48.0 Å². The van der Waals surface area contributed by atoms with Crippen LogP contribution in [0.4, 0.5) is 5.69 Å². The van der Waals surface area contributed by atoms with Crippen LogP contribution in [-0.4, -0.2) is 17.7 Å². The van der Waals surface area contributed by atoms with E-state index in [4.69, 9.17) is 15.6 Å². The van der Waals surface area contributed by atoms with E-state index < -0.39 is 5.97 Å². The zero-order valence-corrected chi connectivity index (χ0v) is 12.0. The number of carbonyl (C=O) groups is 1. The van der Waals surface area contributed by atoms with Crippen LogP contribution in [-0.2, 0) is 0 Å². The van der Waals surface area contributed by atoms with Crippen molar-refractivity contribution in [1.82, 2.24) is 0 Å². The molecular weight excluding hydrogens is 266 g/mol. The molecule has 0 spiro atoms. The number of carboxylic acid groups (broad SMARTS) is 1. The van der Waals surface area contributed by atoms with E-state index in [9.17, 15) is 4.79 Å². The van der Waals surface area contributed by atoms with Crippen molar-refractivity contribution in [1.29, 1.82) is 0 Å². The summed E-state index contributed by atoms with van der Waals surface area (Å²) >= 11 is 0. The maximum absolute atomic E-state index is 11.2. The normalized spacial score (nSPS) is 10.3. The molecule has 110 valence electrons. The zero-order chi connectivity index (χ0) is 15.2. The summed E-state index contributed by atoms with van der Waals surface area (Å²) < 4.78 is 5.76. The fourth-order valence-corrected chi connectivity index (χ4v) is 2.11. The number of hydrogen-bond acceptors (Lipinski definition) is 3. The molecule has 4 nitrogen and oxygen atoms in total. The van der Waals surface area contributed by atoms with Crippen LogP contribution in [0.5, 0.6) is 5.75 Å². The van der Waals surface area contributed by atoms with Crippen LogP contribution in [0, 0.1) is 0 Å². The minimum atomic E-state index is -1.01. The Morgan fingerprint density at radius 2 is 1.95 bits per heavy atom. The second-order valence-electron chi connectivity index (χ2n) is 4.81. The molecule has 0 aromatic heterocycles. The molecule has 2 aromatic carbocycles. The van der Waals surface area contributed by atoms with Gasteiger partial charge in [-0.05, 0) is 24.1 Å². The third-order valence-electron chi connectivity index (χ3n) is 3.20. The van der Waals surface area contributed by atoms with E-state index in [1.54, 1.807) is 0 Å². The first-order valence-corrected chi connectivity index (χ1v) is 6.98. The monoisotopic (exact) mass is 285 g/mol. The second-order valence-corrected chi connectivity index (χ2v) is 4.81. The molecule has 0 radical (unpaired) electrons. The zero-order valence-electron chi connectivity index (χ0n) is 12.0. The third-order valence-corrected chi connectivity index (χ3v) is 3.20. The van der Waals surface area contributed by atoms with E-state index in [2.05, 4.69) is 6.92 Å². The Labute approximate surface area is 124 Å². The van der Waals surface area contributed by atoms with Crippen LogP contribution in [0.3, 0.4) is 0 Å². The second kappa shape index (κ2) is 6.79. The number of anilines is 1. The van der Waals surface area contributed by atoms with Crippen molar-refractivity contribution >= 4 is 11.7 Å². The lowest BCUT2D eigenvalue weighted by atomic mass is 10.0. The molecular formula is C17H19NO3. The van der Waals surface area contributed by atoms with Crippen LogP contribution in [0.1, 0.15) is 30.1 Å². The van der Waals surface area contributed by atoms with Crippen LogP contribution < -0.4 is 10.5 Å². The van der Waals surface area contributed by atoms with Gasteiger partial charge in [-0.1, -0.05) is 43.7 Å². The van der Waals surface area contributed by atoms with E-state index in [0.717, 1.165) is 24.0 Å². The molecule has 0 aliphatic heterocycles. The molecule has 0 heterocycles. The van der Waals surface area contributed by atoms with E-state index in [1.807, 2.05) is 30.3 Å². The number of carboxylic acids is 1. The first kappa shape index (κ1) is 14.9. The molecule has 2 aromatic rings. The molecule has 4 heteroatoms. The van der Waals surface area contributed by atoms with Gasteiger partial charge in [0.2, 0.25) is 0 Å². The summed E-state index contributed by atoms with van der Waals surface area (Å²) in [6.07, 6.45) is 1.92. The average Bonchev–Trinajstić information content (AvgIpc) is 2.48. The molecule has 0 amide bonds. The standard InChI is InChI=1S/C17H19NO3/c1-2-3-9-21-15-11-13(17(19)20)10-14(18)16(15)12-7-5-4-6-8-12/h4-8,10-11H,2-3,9,18H2,1H3,(H,19,20). The van der Waals surface area contributed by atoms with Crippen LogP contribution in [0.2, 0.25) is 0 Å². The molecule has 0 aliphatic rings. The van der Waals surface area contributed by atoms with Gasteiger partial charge in [-0.25, -0.2) is 4.79 Å². The summed E-state index contributed by atoms with van der Waals surface area (Å²) in [4.78, 5) is 11.2. The van der Waals surface area contributed by atoms with Crippen molar-refractivity contribution in [2.45, 2.75) is 19.8 Å². The first-order valence-electron chi connectivity index (χ1n) is 6.98. The van der Waals surface area contributed by atoms with Gasteiger partial charge in [-0.15, -0.1) is 0 Å². The minimum Gasteiger partial charge on any atom is -0.493 e. The number of ether oxygens (including phenoxy) is 1. The van der Waals surface area contributed by atoms with Crippen LogP contribution in [0.15, 0.2) is 42.5 Å². The SMILES string of the molecule is CCCCOc1cc(C(=O)O)cc(N)c1-c1ccccc1. The molecule has 3 N–H and O–H groups in total. The molecule has 0 saturated heterocycles. The smallest absolute Gasteiger partial charge is 0.335 e. The van der Waals surface area contributed by atoms with Crippen molar-refractivity contribution in [2.24, 2.45) is 0 Å². The van der Waals surface area contributed by atoms with E-state index in [-0.39, 0.29) is 5.56 Å². The topological polar surface area (TPSA) is 72.5 Å². The third kappa shape index (κ3) is 3.54. The van der Waals surface area contributed by atoms with Gasteiger partial charge in [0.15, 0.2) is 0 Å². The lowest BCUT2D eigenvalue weighted by molar-refractivity contribution is 0.0696. The maximum Gasteiger partial charge on any atom is 0.335 e. The summed E-state index contributed by atoms with van der Waals surface area (Å²) in [5.41, 5.74) is 8.26. The lowest BCUT2D eigenvalue weighted by Crippen LogP contribution is -2.04. The highest BCUT2D eigenvalue weighted by Gasteiger charge is 2.15. The molecule has 0 aliphatic carbocycles. The summed E-state index contributed by atoms with van der Waals surface area (Å²) in [7, 11) is 0. The molecule has 0 unspecified atom stereocenters. The molecule has 0 atom stereocenters. The van der Waals surface area contributed by atoms with E-state index in [0.29, 0.717) is 18.0 Å². The average molecular weight is 285 g/mol. The summed E-state index contributed by atoms with van der Waals surface area (Å²) in [5.74, 6) is -0.492. The van der Waals surface area contributed by atoms with Gasteiger partial charge >= 0.3 is 5.97 Å². The van der Waals surface area contributed by atoms with Crippen molar-refractivity contribution < 1.29 is 14.6 Å². The quantitative estimate of drug-likeness (QED) is 0.625. The fraction of sp³-hybridized carbons (Fsp3) is 0.235. The Balaban J connectivity index is 2.48. The van der Waals surface area contributed by atoms with Crippen molar-refractivity contribution in [3.8, 4) is 16.9 Å². The fourth-order valence-electron chi connectivity index (χ4n) is 2.11. The van der Waals surface area contributed by atoms with E-state index >= 15 is 0 Å². The molecule has 2 rings (SSSR count). The summed E-state index contributed by atoms with van der Waals surface area (Å²) in [6.45, 7) is 2.61. The number of nitrogen functional groups attached to an aromatic ring is 1. The lowest BCUT2D eigenvalue weighted by Gasteiger charge is -2.15. The largest absolute Gasteiger partial charge is 0.493 e. The Morgan fingerprint density at radius 3 is 2.57 bits per heavy atom. The summed E-state index contributed by atoms with van der Waals surface area (Å²) in [5, 5.41) is 9.16. The number of rotatable bonds is 6. The Kier molecular flexibility index (Phi) is 4.82. The van der Waals surface area contributed by atoms with Crippen LogP contribution in [0.25, 0.3) is 11.1 Å². The van der Waals surface area contributed by atoms with Gasteiger partial charge in [0.1, 0.15) is 5.75 Å². The van der Waals surface area contributed by atoms with Crippen LogP contribution >= 0.6 is 0 Å². The Bertz CT molecular complexity index is 623. The molecule has 0 fully saturated rings. The van der Waals surface area contributed by atoms with E-state index in [1.165, 1.54) is 12.1 Å². The molecule has 21 heavy (non-hydrogen) atoms. The Hall–Kier alpha value is -2.49. The van der Waals surface area contributed by atoms with Crippen molar-refractivity contribution in [2.75, 3.05) is 12.3 Å². The van der Waals surface area contributed by atoms with Gasteiger partial charge in [-0.3, -0.25) is 0 Å². The highest BCUT2D eigenvalue weighted by atomic mass is 16.5. The summed E-state index contributed by atoms with van der Waals surface area (Å²) in [6, 6.07) is 12.6. The predicted octanol–water partition coefficient (Wildman–Crippen LogP) is 3.81. The highest BCUT2D eigenvalue weighted by molar-refractivity contribution is 5.93.